The van der Waals surface area contributed by atoms with Crippen molar-refractivity contribution in [2.75, 3.05) is 24.9 Å². The van der Waals surface area contributed by atoms with Gasteiger partial charge in [0.2, 0.25) is 0 Å². The predicted molar refractivity (Wildman–Crippen MR) is 99.1 cm³/mol. The van der Waals surface area contributed by atoms with Gasteiger partial charge < -0.3 is 19.3 Å². The van der Waals surface area contributed by atoms with Gasteiger partial charge in [-0.25, -0.2) is 4.79 Å². The van der Waals surface area contributed by atoms with E-state index in [1.807, 2.05) is 30.3 Å². The van der Waals surface area contributed by atoms with Gasteiger partial charge in [-0.3, -0.25) is 5.32 Å². The standard InChI is InChI=1S/C18H16ClN3O4/c1-24-15-9-13(16(25-2)8-12(15)19)20-18(23)21-17-10-14(26-22-17)11-6-4-3-5-7-11/h3-10H,1-2H3,(H2,20,21,22,23). The van der Waals surface area contributed by atoms with Crippen LogP contribution in [0.5, 0.6) is 11.5 Å². The van der Waals surface area contributed by atoms with E-state index in [0.29, 0.717) is 28.0 Å². The molecule has 3 aromatic rings. The summed E-state index contributed by atoms with van der Waals surface area (Å²) in [6.45, 7) is 0. The maximum atomic E-state index is 12.2. The number of nitrogens with one attached hydrogen (secondary N) is 2. The van der Waals surface area contributed by atoms with Crippen LogP contribution in [0.1, 0.15) is 0 Å². The van der Waals surface area contributed by atoms with E-state index in [1.54, 1.807) is 18.2 Å². The van der Waals surface area contributed by atoms with Crippen molar-refractivity contribution in [3.8, 4) is 22.8 Å². The third-order valence-corrected chi connectivity index (χ3v) is 3.83. The molecule has 0 radical (unpaired) electrons. The fourth-order valence-corrected chi connectivity index (χ4v) is 2.53. The average Bonchev–Trinajstić information content (AvgIpc) is 3.11. The molecule has 0 atom stereocenters. The fourth-order valence-electron chi connectivity index (χ4n) is 2.30. The summed E-state index contributed by atoms with van der Waals surface area (Å²) < 4.78 is 15.6. The van der Waals surface area contributed by atoms with Gasteiger partial charge in [-0.15, -0.1) is 0 Å². The number of rotatable bonds is 5. The van der Waals surface area contributed by atoms with Gasteiger partial charge in [-0.05, 0) is 0 Å². The van der Waals surface area contributed by atoms with Crippen LogP contribution in [0, 0.1) is 0 Å². The number of amides is 2. The van der Waals surface area contributed by atoms with Crippen molar-refractivity contribution in [2.24, 2.45) is 0 Å². The van der Waals surface area contributed by atoms with Crippen molar-refractivity contribution in [2.45, 2.75) is 0 Å². The topological polar surface area (TPSA) is 85.6 Å². The summed E-state index contributed by atoms with van der Waals surface area (Å²) in [5.74, 6) is 1.64. The average molecular weight is 374 g/mol. The maximum absolute atomic E-state index is 12.2. The minimum atomic E-state index is -0.513. The van der Waals surface area contributed by atoms with Gasteiger partial charge in [0.15, 0.2) is 11.6 Å². The first-order chi connectivity index (χ1) is 12.6. The highest BCUT2D eigenvalue weighted by Gasteiger charge is 2.14. The molecule has 0 aliphatic rings. The highest BCUT2D eigenvalue weighted by molar-refractivity contribution is 6.32. The number of hydrogen-bond donors (Lipinski definition) is 2. The van der Waals surface area contributed by atoms with E-state index in [-0.39, 0.29) is 5.82 Å². The number of carbonyl (C=O) groups is 1. The molecule has 8 heteroatoms. The number of nitrogens with zero attached hydrogens (tertiary/aromatic N) is 1. The summed E-state index contributed by atoms with van der Waals surface area (Å²) in [5.41, 5.74) is 1.26. The van der Waals surface area contributed by atoms with Gasteiger partial charge in [-0.2, -0.15) is 0 Å². The Bertz CT molecular complexity index is 912. The molecule has 2 N–H and O–H groups in total. The number of aromatic nitrogens is 1. The second kappa shape index (κ2) is 7.79. The van der Waals surface area contributed by atoms with Crippen LogP contribution in [0.25, 0.3) is 11.3 Å². The Balaban J connectivity index is 1.73. The minimum absolute atomic E-state index is 0.279. The van der Waals surface area contributed by atoms with Crippen LogP contribution in [-0.4, -0.2) is 25.4 Å². The Labute approximate surface area is 154 Å². The van der Waals surface area contributed by atoms with E-state index in [0.717, 1.165) is 5.56 Å². The molecule has 1 heterocycles. The van der Waals surface area contributed by atoms with E-state index < -0.39 is 6.03 Å². The lowest BCUT2D eigenvalue weighted by molar-refractivity contribution is 0.261. The Morgan fingerprint density at radius 2 is 1.77 bits per heavy atom. The zero-order chi connectivity index (χ0) is 18.5. The molecule has 0 aliphatic heterocycles. The lowest BCUT2D eigenvalue weighted by atomic mass is 10.2. The maximum Gasteiger partial charge on any atom is 0.325 e. The number of urea groups is 1. The molecule has 7 nitrogen and oxygen atoms in total. The molecule has 3 rings (SSSR count). The molecule has 1 aromatic heterocycles. The van der Waals surface area contributed by atoms with Crippen molar-refractivity contribution < 1.29 is 18.8 Å². The molecule has 2 amide bonds. The number of carbonyl (C=O) groups excluding carboxylic acids is 1. The normalized spacial score (nSPS) is 10.3. The molecule has 0 bridgehead atoms. The summed E-state index contributed by atoms with van der Waals surface area (Å²) in [5, 5.41) is 9.48. The van der Waals surface area contributed by atoms with Crippen molar-refractivity contribution >= 4 is 29.1 Å². The zero-order valence-electron chi connectivity index (χ0n) is 14.1. The van der Waals surface area contributed by atoms with E-state index in [2.05, 4.69) is 15.8 Å². The zero-order valence-corrected chi connectivity index (χ0v) is 14.8. The molecular weight excluding hydrogens is 358 g/mol. The summed E-state index contributed by atoms with van der Waals surface area (Å²) >= 11 is 6.05. The van der Waals surface area contributed by atoms with Crippen LogP contribution in [0.3, 0.4) is 0 Å². The largest absolute Gasteiger partial charge is 0.495 e. The van der Waals surface area contributed by atoms with Crippen molar-refractivity contribution in [3.63, 3.8) is 0 Å². The van der Waals surface area contributed by atoms with Crippen LogP contribution >= 0.6 is 11.6 Å². The van der Waals surface area contributed by atoms with Gasteiger partial charge in [0.05, 0.1) is 24.9 Å². The molecule has 0 aliphatic carbocycles. The number of halogens is 1. The number of benzene rings is 2. The number of methoxy groups -OCH3 is 2. The lowest BCUT2D eigenvalue weighted by Gasteiger charge is -2.13. The molecule has 2 aromatic carbocycles. The smallest absolute Gasteiger partial charge is 0.325 e. The van der Waals surface area contributed by atoms with Crippen LogP contribution in [-0.2, 0) is 0 Å². The van der Waals surface area contributed by atoms with Crippen LogP contribution in [0.2, 0.25) is 5.02 Å². The Morgan fingerprint density at radius 3 is 2.46 bits per heavy atom. The molecule has 0 saturated carbocycles. The van der Waals surface area contributed by atoms with Gasteiger partial charge in [-0.1, -0.05) is 47.1 Å². The SMILES string of the molecule is COc1cc(NC(=O)Nc2cc(-c3ccccc3)on2)c(OC)cc1Cl. The predicted octanol–water partition coefficient (Wildman–Crippen LogP) is 4.66. The number of anilines is 2. The van der Waals surface area contributed by atoms with E-state index in [1.165, 1.54) is 14.2 Å². The summed E-state index contributed by atoms with van der Waals surface area (Å²) in [4.78, 5) is 12.2. The molecule has 0 spiro atoms. The first kappa shape index (κ1) is 17.6. The Kier molecular flexibility index (Phi) is 5.28. The first-order valence-corrected chi connectivity index (χ1v) is 8.00. The molecule has 0 unspecified atom stereocenters. The van der Waals surface area contributed by atoms with Crippen molar-refractivity contribution in [1.82, 2.24) is 5.16 Å². The van der Waals surface area contributed by atoms with Gasteiger partial charge in [0, 0.05) is 23.8 Å². The molecule has 0 saturated heterocycles. The van der Waals surface area contributed by atoms with Crippen LogP contribution < -0.4 is 20.1 Å². The number of ether oxygens (including phenoxy) is 2. The molecular formula is C18H16ClN3O4. The van der Waals surface area contributed by atoms with Crippen LogP contribution in [0.4, 0.5) is 16.3 Å². The minimum Gasteiger partial charge on any atom is -0.495 e. The van der Waals surface area contributed by atoms with E-state index in [9.17, 15) is 4.79 Å². The third kappa shape index (κ3) is 3.89. The summed E-state index contributed by atoms with van der Waals surface area (Å²) in [7, 11) is 2.96. The molecule has 134 valence electrons. The third-order valence-electron chi connectivity index (χ3n) is 3.53. The lowest BCUT2D eigenvalue weighted by Crippen LogP contribution is -2.20. The Morgan fingerprint density at radius 1 is 1.04 bits per heavy atom. The van der Waals surface area contributed by atoms with Gasteiger partial charge >= 0.3 is 6.03 Å². The highest BCUT2D eigenvalue weighted by atomic mass is 35.5. The molecule has 0 fully saturated rings. The molecule has 26 heavy (non-hydrogen) atoms. The fraction of sp³-hybridized carbons (Fsp3) is 0.111. The summed E-state index contributed by atoms with van der Waals surface area (Å²) in [6.07, 6.45) is 0. The number of hydrogen-bond acceptors (Lipinski definition) is 5. The van der Waals surface area contributed by atoms with E-state index in [4.69, 9.17) is 25.6 Å². The van der Waals surface area contributed by atoms with Gasteiger partial charge in [0.1, 0.15) is 11.5 Å². The van der Waals surface area contributed by atoms with Crippen molar-refractivity contribution in [3.05, 3.63) is 53.6 Å². The van der Waals surface area contributed by atoms with Crippen molar-refractivity contribution in [1.29, 1.82) is 0 Å². The highest BCUT2D eigenvalue weighted by Crippen LogP contribution is 2.36. The van der Waals surface area contributed by atoms with Gasteiger partial charge in [0.25, 0.3) is 0 Å². The summed E-state index contributed by atoms with van der Waals surface area (Å²) in [6, 6.07) is 13.7. The van der Waals surface area contributed by atoms with E-state index >= 15 is 0 Å². The second-order valence-electron chi connectivity index (χ2n) is 5.21. The first-order valence-electron chi connectivity index (χ1n) is 7.62. The Hall–Kier alpha value is -3.19. The van der Waals surface area contributed by atoms with Crippen LogP contribution in [0.15, 0.2) is 53.1 Å². The quantitative estimate of drug-likeness (QED) is 0.679. The monoisotopic (exact) mass is 373 g/mol. The second-order valence-corrected chi connectivity index (χ2v) is 5.62.